The van der Waals surface area contributed by atoms with Crippen molar-refractivity contribution in [2.75, 3.05) is 10.0 Å². The summed E-state index contributed by atoms with van der Waals surface area (Å²) in [5.41, 5.74) is 1.23. The van der Waals surface area contributed by atoms with Crippen molar-refractivity contribution in [3.8, 4) is 5.69 Å². The van der Waals surface area contributed by atoms with Crippen LogP contribution >= 0.6 is 0 Å². The number of anilines is 2. The second-order valence-corrected chi connectivity index (χ2v) is 8.87. The van der Waals surface area contributed by atoms with Gasteiger partial charge in [-0.25, -0.2) is 22.2 Å². The maximum absolute atomic E-state index is 14.4. The highest BCUT2D eigenvalue weighted by Gasteiger charge is 2.16. The lowest BCUT2D eigenvalue weighted by Gasteiger charge is -2.11. The molecule has 1 amide bonds. The molecular weight excluding hydrogens is 450 g/mol. The number of sulfonamides is 1. The second-order valence-electron chi connectivity index (χ2n) is 7.18. The molecule has 0 radical (unpaired) electrons. The van der Waals surface area contributed by atoms with Gasteiger partial charge in [0.25, 0.3) is 15.9 Å². The summed E-state index contributed by atoms with van der Waals surface area (Å²) in [5.74, 6) is -1.53. The molecule has 0 aliphatic carbocycles. The normalized spacial score (nSPS) is 11.2. The van der Waals surface area contributed by atoms with Gasteiger partial charge in [0.1, 0.15) is 11.6 Å². The van der Waals surface area contributed by atoms with Crippen LogP contribution in [-0.2, 0) is 10.0 Å². The van der Waals surface area contributed by atoms with Gasteiger partial charge in [-0.15, -0.1) is 0 Å². The lowest BCUT2D eigenvalue weighted by atomic mass is 10.2. The van der Waals surface area contributed by atoms with Gasteiger partial charge in [-0.2, -0.15) is 0 Å². The van der Waals surface area contributed by atoms with E-state index in [2.05, 4.69) is 15.0 Å². The number of carbonyl (C=O) groups excluding carboxylic acids is 1. The minimum absolute atomic E-state index is 0.0793. The number of rotatable bonds is 6. The Morgan fingerprint density at radius 2 is 1.67 bits per heavy atom. The minimum Gasteiger partial charge on any atom is -0.322 e. The highest BCUT2D eigenvalue weighted by Crippen LogP contribution is 2.21. The van der Waals surface area contributed by atoms with Crippen molar-refractivity contribution in [1.82, 2.24) is 9.55 Å². The van der Waals surface area contributed by atoms with E-state index in [1.807, 2.05) is 0 Å². The third-order valence-electron chi connectivity index (χ3n) is 4.83. The summed E-state index contributed by atoms with van der Waals surface area (Å²) in [6.45, 7) is 1.47. The molecule has 7 nitrogen and oxygen atoms in total. The Morgan fingerprint density at radius 3 is 2.30 bits per heavy atom. The van der Waals surface area contributed by atoms with E-state index in [0.29, 0.717) is 5.69 Å². The molecule has 3 aromatic carbocycles. The van der Waals surface area contributed by atoms with E-state index < -0.39 is 27.6 Å². The molecular formula is C23H18F2N4O3S. The van der Waals surface area contributed by atoms with Crippen LogP contribution in [0.2, 0.25) is 0 Å². The van der Waals surface area contributed by atoms with E-state index in [1.54, 1.807) is 12.3 Å². The number of imidazole rings is 1. The first kappa shape index (κ1) is 22.2. The maximum atomic E-state index is 14.4. The molecule has 0 bridgehead atoms. The summed E-state index contributed by atoms with van der Waals surface area (Å²) in [4.78, 5) is 16.3. The molecule has 0 saturated carbocycles. The van der Waals surface area contributed by atoms with Gasteiger partial charge in [0.05, 0.1) is 16.9 Å². The number of carbonyl (C=O) groups is 1. The number of nitrogens with zero attached hydrogens (tertiary/aromatic N) is 2. The number of aromatic nitrogens is 2. The molecule has 0 spiro atoms. The van der Waals surface area contributed by atoms with E-state index >= 15 is 0 Å². The second kappa shape index (κ2) is 8.83. The Hall–Kier alpha value is -4.05. The summed E-state index contributed by atoms with van der Waals surface area (Å²) in [7, 11) is -3.93. The van der Waals surface area contributed by atoms with E-state index in [0.717, 1.165) is 6.07 Å². The quantitative estimate of drug-likeness (QED) is 0.435. The Morgan fingerprint density at radius 1 is 0.939 bits per heavy atom. The van der Waals surface area contributed by atoms with Crippen molar-refractivity contribution in [2.24, 2.45) is 0 Å². The van der Waals surface area contributed by atoms with E-state index in [-0.39, 0.29) is 27.4 Å². The highest BCUT2D eigenvalue weighted by atomic mass is 32.2. The Balaban J connectivity index is 1.45. The van der Waals surface area contributed by atoms with Crippen LogP contribution in [0, 0.1) is 18.6 Å². The third-order valence-corrected chi connectivity index (χ3v) is 6.21. The van der Waals surface area contributed by atoms with Gasteiger partial charge in [-0.05, 0) is 73.2 Å². The molecule has 168 valence electrons. The molecule has 10 heteroatoms. The van der Waals surface area contributed by atoms with Gasteiger partial charge >= 0.3 is 0 Å². The minimum atomic E-state index is -3.93. The first-order chi connectivity index (χ1) is 15.7. The summed E-state index contributed by atoms with van der Waals surface area (Å²) < 4.78 is 56.7. The van der Waals surface area contributed by atoms with Crippen molar-refractivity contribution in [1.29, 1.82) is 0 Å². The molecule has 2 N–H and O–H groups in total. The van der Waals surface area contributed by atoms with Crippen LogP contribution in [0.15, 0.2) is 84.3 Å². The van der Waals surface area contributed by atoms with Gasteiger partial charge < -0.3 is 9.88 Å². The van der Waals surface area contributed by atoms with Gasteiger partial charge in [0, 0.05) is 29.3 Å². The molecule has 4 rings (SSSR count). The summed E-state index contributed by atoms with van der Waals surface area (Å²) in [5, 5.41) is 2.60. The molecule has 0 unspecified atom stereocenters. The third kappa shape index (κ3) is 4.90. The lowest BCUT2D eigenvalue weighted by molar-refractivity contribution is 0.102. The van der Waals surface area contributed by atoms with Gasteiger partial charge in [-0.1, -0.05) is 0 Å². The van der Waals surface area contributed by atoms with Crippen molar-refractivity contribution < 1.29 is 22.0 Å². The monoisotopic (exact) mass is 468 g/mol. The number of nitrogens with one attached hydrogen (secondary N) is 2. The van der Waals surface area contributed by atoms with Gasteiger partial charge in [-0.3, -0.25) is 9.52 Å². The number of aryl methyl sites for hydroxylation is 1. The fourth-order valence-electron chi connectivity index (χ4n) is 3.09. The maximum Gasteiger partial charge on any atom is 0.261 e. The van der Waals surface area contributed by atoms with Crippen molar-refractivity contribution in [2.45, 2.75) is 11.8 Å². The van der Waals surface area contributed by atoms with Crippen molar-refractivity contribution in [3.05, 3.63) is 102 Å². The van der Waals surface area contributed by atoms with E-state index in [9.17, 15) is 22.0 Å². The molecule has 33 heavy (non-hydrogen) atoms. The fourth-order valence-corrected chi connectivity index (χ4v) is 4.23. The summed E-state index contributed by atoms with van der Waals surface area (Å²) in [6.07, 6.45) is 4.59. The standard InChI is InChI=1S/C23H18F2N4O3S/c1-15-12-19(7-8-20(15)24)33(31,32)28-17-4-2-16(3-5-17)23(30)27-18-6-9-22(21(25)13-18)29-11-10-26-14-29/h2-14,28H,1H3,(H,27,30). The molecule has 4 aromatic rings. The average molecular weight is 468 g/mol. The summed E-state index contributed by atoms with van der Waals surface area (Å²) in [6, 6.07) is 13.5. The molecule has 1 heterocycles. The zero-order valence-electron chi connectivity index (χ0n) is 17.3. The smallest absolute Gasteiger partial charge is 0.261 e. The predicted octanol–water partition coefficient (Wildman–Crippen LogP) is 4.51. The van der Waals surface area contributed by atoms with Crippen molar-refractivity contribution in [3.63, 3.8) is 0 Å². The zero-order chi connectivity index (χ0) is 23.6. The van der Waals surface area contributed by atoms with Crippen LogP contribution in [0.1, 0.15) is 15.9 Å². The van der Waals surface area contributed by atoms with Crippen LogP contribution in [0.4, 0.5) is 20.2 Å². The molecule has 1 aromatic heterocycles. The average Bonchev–Trinajstić information content (AvgIpc) is 3.30. The Bertz CT molecular complexity index is 1420. The van der Waals surface area contributed by atoms with Crippen LogP contribution < -0.4 is 10.0 Å². The van der Waals surface area contributed by atoms with Gasteiger partial charge in [0.2, 0.25) is 0 Å². The topological polar surface area (TPSA) is 93.1 Å². The first-order valence-corrected chi connectivity index (χ1v) is 11.2. The van der Waals surface area contributed by atoms with Crippen LogP contribution in [0.25, 0.3) is 5.69 Å². The van der Waals surface area contributed by atoms with Crippen molar-refractivity contribution >= 4 is 27.3 Å². The predicted molar refractivity (Wildman–Crippen MR) is 120 cm³/mol. The Labute approximate surface area is 188 Å². The highest BCUT2D eigenvalue weighted by molar-refractivity contribution is 7.92. The van der Waals surface area contributed by atoms with E-state index in [4.69, 9.17) is 0 Å². The van der Waals surface area contributed by atoms with Crippen LogP contribution in [0.3, 0.4) is 0 Å². The number of amides is 1. The molecule has 0 saturated heterocycles. The first-order valence-electron chi connectivity index (χ1n) is 9.71. The Kier molecular flexibility index (Phi) is 5.93. The number of benzene rings is 3. The van der Waals surface area contributed by atoms with Crippen LogP contribution in [-0.4, -0.2) is 23.9 Å². The molecule has 0 aliphatic heterocycles. The van der Waals surface area contributed by atoms with E-state index in [1.165, 1.54) is 72.5 Å². The number of hydrogen-bond acceptors (Lipinski definition) is 4. The largest absolute Gasteiger partial charge is 0.322 e. The number of halogens is 2. The molecule has 0 aliphatic rings. The fraction of sp³-hybridized carbons (Fsp3) is 0.0435. The summed E-state index contributed by atoms with van der Waals surface area (Å²) >= 11 is 0. The van der Waals surface area contributed by atoms with Gasteiger partial charge in [0.15, 0.2) is 0 Å². The SMILES string of the molecule is Cc1cc(S(=O)(=O)Nc2ccc(C(=O)Nc3ccc(-n4ccnc4)c(F)c3)cc2)ccc1F. The lowest BCUT2D eigenvalue weighted by Crippen LogP contribution is -2.14. The number of hydrogen-bond donors (Lipinski definition) is 2. The van der Waals surface area contributed by atoms with Crippen LogP contribution in [0.5, 0.6) is 0 Å². The zero-order valence-corrected chi connectivity index (χ0v) is 18.1. The molecule has 0 atom stereocenters. The molecule has 0 fully saturated rings.